The average Bonchev–Trinajstić information content (AvgIpc) is 2.41. The number of para-hydroxylation sites is 2. The normalized spacial score (nSPS) is 22.8. The highest BCUT2D eigenvalue weighted by Gasteiger charge is 2.43. The largest absolute Gasteiger partial charge is 0.476 e. The van der Waals surface area contributed by atoms with Gasteiger partial charge < -0.3 is 9.64 Å². The van der Waals surface area contributed by atoms with Crippen molar-refractivity contribution in [1.82, 2.24) is 0 Å². The second-order valence-electron chi connectivity index (χ2n) is 6.05. The summed E-state index contributed by atoms with van der Waals surface area (Å²) in [5.41, 5.74) is 0.185. The number of anilines is 1. The van der Waals surface area contributed by atoms with Crippen molar-refractivity contribution in [1.29, 1.82) is 0 Å². The molecule has 0 unspecified atom stereocenters. The van der Waals surface area contributed by atoms with Crippen LogP contribution in [0, 0.1) is 0 Å². The Morgan fingerprint density at radius 3 is 2.58 bits per heavy atom. The molecular weight excluding hydrogens is 238 g/mol. The van der Waals surface area contributed by atoms with Gasteiger partial charge >= 0.3 is 0 Å². The van der Waals surface area contributed by atoms with Gasteiger partial charge in [0.2, 0.25) is 0 Å². The summed E-state index contributed by atoms with van der Waals surface area (Å²) in [7, 11) is 0. The van der Waals surface area contributed by atoms with Gasteiger partial charge in [-0.05, 0) is 38.8 Å². The summed E-state index contributed by atoms with van der Waals surface area (Å²) in [6, 6.07) is 8.23. The van der Waals surface area contributed by atoms with E-state index in [1.165, 1.54) is 19.3 Å². The first-order valence-electron chi connectivity index (χ1n) is 7.21. The number of fused-ring (bicyclic) bond motifs is 1. The van der Waals surface area contributed by atoms with E-state index >= 15 is 0 Å². The van der Waals surface area contributed by atoms with E-state index in [1.54, 1.807) is 0 Å². The number of carbonyl (C=O) groups excluding carboxylic acids is 1. The monoisotopic (exact) mass is 259 g/mol. The fourth-order valence-electron chi connectivity index (χ4n) is 3.16. The van der Waals surface area contributed by atoms with Crippen LogP contribution >= 0.6 is 0 Å². The van der Waals surface area contributed by atoms with E-state index in [0.29, 0.717) is 6.04 Å². The molecular formula is C16H21NO2. The van der Waals surface area contributed by atoms with Crippen molar-refractivity contribution in [3.63, 3.8) is 0 Å². The topological polar surface area (TPSA) is 29.5 Å². The maximum absolute atomic E-state index is 12.7. The molecule has 1 aromatic rings. The lowest BCUT2D eigenvalue weighted by atomic mass is 9.91. The molecule has 1 aromatic carbocycles. The highest BCUT2D eigenvalue weighted by atomic mass is 16.5. The zero-order valence-corrected chi connectivity index (χ0v) is 11.7. The smallest absolute Gasteiger partial charge is 0.270 e. The molecule has 1 heterocycles. The van der Waals surface area contributed by atoms with E-state index in [2.05, 4.69) is 0 Å². The number of hydrogen-bond donors (Lipinski definition) is 0. The SMILES string of the molecule is CC1(C)Oc2ccccc2N(C2CCCCC2)C1=O. The van der Waals surface area contributed by atoms with Crippen LogP contribution in [0.4, 0.5) is 5.69 Å². The second kappa shape index (κ2) is 4.55. The van der Waals surface area contributed by atoms with Crippen LogP contribution in [0.15, 0.2) is 24.3 Å². The number of amides is 1. The first kappa shape index (κ1) is 12.5. The molecule has 1 aliphatic heterocycles. The van der Waals surface area contributed by atoms with Crippen molar-refractivity contribution in [3.05, 3.63) is 24.3 Å². The summed E-state index contributed by atoms with van der Waals surface area (Å²) in [4.78, 5) is 14.7. The molecule has 3 rings (SSSR count). The molecule has 1 aliphatic carbocycles. The van der Waals surface area contributed by atoms with Gasteiger partial charge in [-0.1, -0.05) is 31.4 Å². The van der Waals surface area contributed by atoms with Crippen LogP contribution < -0.4 is 9.64 Å². The second-order valence-corrected chi connectivity index (χ2v) is 6.05. The van der Waals surface area contributed by atoms with Crippen LogP contribution in [-0.2, 0) is 4.79 Å². The standard InChI is InChI=1S/C16H21NO2/c1-16(2)15(18)17(12-8-4-3-5-9-12)13-10-6-7-11-14(13)19-16/h6-7,10-12H,3-5,8-9H2,1-2H3. The maximum atomic E-state index is 12.7. The van der Waals surface area contributed by atoms with Gasteiger partial charge in [0.1, 0.15) is 5.75 Å². The number of rotatable bonds is 1. The number of ether oxygens (including phenoxy) is 1. The zero-order chi connectivity index (χ0) is 13.5. The van der Waals surface area contributed by atoms with E-state index in [-0.39, 0.29) is 5.91 Å². The number of hydrogen-bond acceptors (Lipinski definition) is 2. The van der Waals surface area contributed by atoms with E-state index in [9.17, 15) is 4.79 Å². The summed E-state index contributed by atoms with van der Waals surface area (Å²) < 4.78 is 5.86. The summed E-state index contributed by atoms with van der Waals surface area (Å²) in [6.07, 6.45) is 5.95. The lowest BCUT2D eigenvalue weighted by molar-refractivity contribution is -0.133. The van der Waals surface area contributed by atoms with Crippen molar-refractivity contribution in [2.75, 3.05) is 4.90 Å². The Kier molecular flexibility index (Phi) is 3.00. The van der Waals surface area contributed by atoms with Crippen molar-refractivity contribution >= 4 is 11.6 Å². The lowest BCUT2D eigenvalue weighted by Gasteiger charge is -2.43. The Bertz CT molecular complexity index is 489. The van der Waals surface area contributed by atoms with E-state index in [1.807, 2.05) is 43.0 Å². The van der Waals surface area contributed by atoms with Crippen LogP contribution in [0.5, 0.6) is 5.75 Å². The third-order valence-electron chi connectivity index (χ3n) is 4.16. The summed E-state index contributed by atoms with van der Waals surface area (Å²) in [6.45, 7) is 3.72. The summed E-state index contributed by atoms with van der Waals surface area (Å²) in [5, 5.41) is 0. The van der Waals surface area contributed by atoms with Crippen molar-refractivity contribution in [2.24, 2.45) is 0 Å². The Morgan fingerprint density at radius 1 is 1.16 bits per heavy atom. The third kappa shape index (κ3) is 2.11. The molecule has 0 spiro atoms. The predicted octanol–water partition coefficient (Wildman–Crippen LogP) is 3.52. The molecule has 1 saturated carbocycles. The molecule has 19 heavy (non-hydrogen) atoms. The summed E-state index contributed by atoms with van der Waals surface area (Å²) >= 11 is 0. The van der Waals surface area contributed by atoms with Crippen LogP contribution in [0.2, 0.25) is 0 Å². The Morgan fingerprint density at radius 2 is 1.84 bits per heavy atom. The first-order valence-corrected chi connectivity index (χ1v) is 7.21. The molecule has 0 N–H and O–H groups in total. The van der Waals surface area contributed by atoms with Crippen LogP contribution in [-0.4, -0.2) is 17.6 Å². The van der Waals surface area contributed by atoms with Gasteiger partial charge in [0.15, 0.2) is 5.60 Å². The minimum absolute atomic E-state index is 0.0955. The minimum atomic E-state index is -0.758. The number of carbonyl (C=O) groups is 1. The van der Waals surface area contributed by atoms with Crippen molar-refractivity contribution in [2.45, 2.75) is 57.6 Å². The first-order chi connectivity index (χ1) is 9.09. The van der Waals surface area contributed by atoms with Crippen LogP contribution in [0.25, 0.3) is 0 Å². The van der Waals surface area contributed by atoms with Gasteiger partial charge in [-0.25, -0.2) is 0 Å². The summed E-state index contributed by atoms with van der Waals surface area (Å²) in [5.74, 6) is 0.927. The van der Waals surface area contributed by atoms with Gasteiger partial charge in [0.25, 0.3) is 5.91 Å². The molecule has 1 fully saturated rings. The van der Waals surface area contributed by atoms with E-state index < -0.39 is 5.60 Å². The molecule has 0 aromatic heterocycles. The molecule has 0 atom stereocenters. The minimum Gasteiger partial charge on any atom is -0.476 e. The Labute approximate surface area is 114 Å². The molecule has 0 saturated heterocycles. The molecule has 102 valence electrons. The third-order valence-corrected chi connectivity index (χ3v) is 4.16. The predicted molar refractivity (Wildman–Crippen MR) is 75.5 cm³/mol. The van der Waals surface area contributed by atoms with Gasteiger partial charge in [0.05, 0.1) is 5.69 Å². The van der Waals surface area contributed by atoms with Gasteiger partial charge in [0, 0.05) is 6.04 Å². The number of nitrogens with zero attached hydrogens (tertiary/aromatic N) is 1. The van der Waals surface area contributed by atoms with Crippen LogP contribution in [0.1, 0.15) is 46.0 Å². The van der Waals surface area contributed by atoms with Crippen molar-refractivity contribution in [3.8, 4) is 5.75 Å². The lowest BCUT2D eigenvalue weighted by Crippen LogP contribution is -2.56. The quantitative estimate of drug-likeness (QED) is 0.772. The molecule has 3 heteroatoms. The molecule has 1 amide bonds. The van der Waals surface area contributed by atoms with Crippen molar-refractivity contribution < 1.29 is 9.53 Å². The van der Waals surface area contributed by atoms with Crippen LogP contribution in [0.3, 0.4) is 0 Å². The fraction of sp³-hybridized carbons (Fsp3) is 0.562. The molecule has 0 bridgehead atoms. The average molecular weight is 259 g/mol. The molecule has 2 aliphatic rings. The highest BCUT2D eigenvalue weighted by Crippen LogP contribution is 2.40. The van der Waals surface area contributed by atoms with Gasteiger partial charge in [-0.3, -0.25) is 4.79 Å². The van der Waals surface area contributed by atoms with Gasteiger partial charge in [-0.2, -0.15) is 0 Å². The van der Waals surface area contributed by atoms with E-state index in [4.69, 9.17) is 4.74 Å². The Hall–Kier alpha value is -1.51. The Balaban J connectivity index is 2.02. The van der Waals surface area contributed by atoms with E-state index in [0.717, 1.165) is 24.3 Å². The highest BCUT2D eigenvalue weighted by molar-refractivity contribution is 6.02. The van der Waals surface area contributed by atoms with Gasteiger partial charge in [-0.15, -0.1) is 0 Å². The molecule has 0 radical (unpaired) electrons. The zero-order valence-electron chi connectivity index (χ0n) is 11.7. The molecule has 3 nitrogen and oxygen atoms in total. The maximum Gasteiger partial charge on any atom is 0.270 e. The number of benzene rings is 1. The fourth-order valence-corrected chi connectivity index (χ4v) is 3.16.